The number of carbonyl (C=O) groups is 1. The van der Waals surface area contributed by atoms with Crippen LogP contribution in [0.5, 0.6) is 11.5 Å². The quantitative estimate of drug-likeness (QED) is 0.363. The van der Waals surface area contributed by atoms with Gasteiger partial charge in [-0.15, -0.1) is 0 Å². The summed E-state index contributed by atoms with van der Waals surface area (Å²) in [5.41, 5.74) is 1.22. The van der Waals surface area contributed by atoms with Gasteiger partial charge in [-0.3, -0.25) is 0 Å². The number of anilines is 2. The summed E-state index contributed by atoms with van der Waals surface area (Å²) in [6.45, 7) is 5.76. The number of aromatic carboxylic acids is 1. The molecular formula is C24H33FN2O3. The van der Waals surface area contributed by atoms with Crippen LogP contribution in [0.25, 0.3) is 0 Å². The predicted octanol–water partition coefficient (Wildman–Crippen LogP) is 6.54. The highest BCUT2D eigenvalue weighted by Gasteiger charge is 2.13. The fourth-order valence-corrected chi connectivity index (χ4v) is 3.23. The molecule has 6 heteroatoms. The summed E-state index contributed by atoms with van der Waals surface area (Å²) in [5.74, 6) is -0.707. The van der Waals surface area contributed by atoms with Crippen LogP contribution in [0.1, 0.15) is 62.7 Å². The van der Waals surface area contributed by atoms with E-state index in [1.165, 1.54) is 12.1 Å². The highest BCUT2D eigenvalue weighted by Crippen LogP contribution is 2.30. The molecule has 2 aromatic rings. The molecule has 0 radical (unpaired) electrons. The van der Waals surface area contributed by atoms with Crippen LogP contribution < -0.4 is 15.0 Å². The zero-order chi connectivity index (χ0) is 21.9. The van der Waals surface area contributed by atoms with Gasteiger partial charge in [0.05, 0.1) is 11.3 Å². The second-order valence-electron chi connectivity index (χ2n) is 7.49. The Bertz CT molecular complexity index is 826. The molecule has 0 saturated heterocycles. The molecule has 0 bridgehead atoms. The Kier molecular flexibility index (Phi) is 9.45. The zero-order valence-electron chi connectivity index (χ0n) is 18.2. The van der Waals surface area contributed by atoms with Gasteiger partial charge in [-0.05, 0) is 43.2 Å². The van der Waals surface area contributed by atoms with Crippen LogP contribution in [-0.2, 0) is 0 Å². The first-order valence-corrected chi connectivity index (χ1v) is 10.8. The summed E-state index contributed by atoms with van der Waals surface area (Å²) in [4.78, 5) is 13.5. The number of halogens is 1. The van der Waals surface area contributed by atoms with Crippen LogP contribution in [0.15, 0.2) is 36.4 Å². The third-order valence-electron chi connectivity index (χ3n) is 4.98. The van der Waals surface area contributed by atoms with Crippen molar-refractivity contribution in [3.8, 4) is 11.5 Å². The Labute approximate surface area is 178 Å². The van der Waals surface area contributed by atoms with Crippen molar-refractivity contribution < 1.29 is 19.0 Å². The van der Waals surface area contributed by atoms with Gasteiger partial charge in [0.15, 0.2) is 0 Å². The van der Waals surface area contributed by atoms with E-state index in [1.807, 2.05) is 11.9 Å². The van der Waals surface area contributed by atoms with Gasteiger partial charge in [0.1, 0.15) is 17.3 Å². The predicted molar refractivity (Wildman–Crippen MR) is 121 cm³/mol. The summed E-state index contributed by atoms with van der Waals surface area (Å²) in [7, 11) is 1.87. The van der Waals surface area contributed by atoms with Crippen molar-refractivity contribution in [3.05, 3.63) is 47.8 Å². The minimum atomic E-state index is -1.03. The third kappa shape index (κ3) is 6.94. The summed E-state index contributed by atoms with van der Waals surface area (Å²) < 4.78 is 20.3. The van der Waals surface area contributed by atoms with Gasteiger partial charge in [0, 0.05) is 31.9 Å². The molecule has 2 N–H and O–H groups in total. The summed E-state index contributed by atoms with van der Waals surface area (Å²) in [6, 6.07) is 9.58. The van der Waals surface area contributed by atoms with Crippen molar-refractivity contribution in [2.24, 2.45) is 0 Å². The molecule has 2 rings (SSSR count). The van der Waals surface area contributed by atoms with Crippen LogP contribution in [0.3, 0.4) is 0 Å². The van der Waals surface area contributed by atoms with E-state index < -0.39 is 5.97 Å². The summed E-state index contributed by atoms with van der Waals surface area (Å²) in [6.07, 6.45) is 6.42. The van der Waals surface area contributed by atoms with E-state index >= 15 is 0 Å². The van der Waals surface area contributed by atoms with Gasteiger partial charge in [-0.2, -0.15) is 0 Å². The van der Waals surface area contributed by atoms with Gasteiger partial charge >= 0.3 is 5.97 Å². The average molecular weight is 417 g/mol. The Morgan fingerprint density at radius 3 is 2.37 bits per heavy atom. The number of hydrogen-bond donors (Lipinski definition) is 2. The number of nitrogens with zero attached hydrogens (tertiary/aromatic N) is 1. The molecule has 0 saturated carbocycles. The van der Waals surface area contributed by atoms with Crippen LogP contribution in [0.2, 0.25) is 0 Å². The molecule has 0 aliphatic heterocycles. The maximum atomic E-state index is 14.6. The molecule has 0 unspecified atom stereocenters. The number of unbranched alkanes of at least 4 members (excludes halogenated alkanes) is 4. The van der Waals surface area contributed by atoms with Crippen molar-refractivity contribution in [1.29, 1.82) is 0 Å². The molecule has 2 aromatic carbocycles. The fraction of sp³-hybridized carbons (Fsp3) is 0.458. The van der Waals surface area contributed by atoms with Crippen molar-refractivity contribution in [1.82, 2.24) is 0 Å². The van der Waals surface area contributed by atoms with E-state index in [-0.39, 0.29) is 11.4 Å². The largest absolute Gasteiger partial charge is 0.478 e. The number of ether oxygens (including phenoxy) is 1. The van der Waals surface area contributed by atoms with Gasteiger partial charge in [-0.25, -0.2) is 9.18 Å². The Hall–Kier alpha value is -2.76. The highest BCUT2D eigenvalue weighted by atomic mass is 19.1. The Morgan fingerprint density at radius 1 is 1.03 bits per heavy atom. The lowest BCUT2D eigenvalue weighted by Crippen LogP contribution is -2.19. The highest BCUT2D eigenvalue weighted by molar-refractivity contribution is 5.94. The van der Waals surface area contributed by atoms with E-state index in [9.17, 15) is 14.3 Å². The molecule has 5 nitrogen and oxygen atoms in total. The van der Waals surface area contributed by atoms with Gasteiger partial charge in [-0.1, -0.05) is 39.5 Å². The van der Waals surface area contributed by atoms with Gasteiger partial charge < -0.3 is 20.1 Å². The van der Waals surface area contributed by atoms with Gasteiger partial charge in [0.2, 0.25) is 0 Å². The smallest absolute Gasteiger partial charge is 0.337 e. The first-order chi connectivity index (χ1) is 14.5. The lowest BCUT2D eigenvalue weighted by molar-refractivity contribution is 0.0697. The van der Waals surface area contributed by atoms with E-state index in [0.717, 1.165) is 45.1 Å². The number of carboxylic acids is 1. The summed E-state index contributed by atoms with van der Waals surface area (Å²) >= 11 is 0. The molecule has 164 valence electrons. The Morgan fingerprint density at radius 2 is 1.70 bits per heavy atom. The first-order valence-electron chi connectivity index (χ1n) is 10.8. The van der Waals surface area contributed by atoms with E-state index in [0.29, 0.717) is 29.4 Å². The molecular weight excluding hydrogens is 383 g/mol. The zero-order valence-corrected chi connectivity index (χ0v) is 18.2. The average Bonchev–Trinajstić information content (AvgIpc) is 2.72. The van der Waals surface area contributed by atoms with Crippen LogP contribution >= 0.6 is 0 Å². The number of rotatable bonds is 13. The van der Waals surface area contributed by atoms with Crippen molar-refractivity contribution >= 4 is 17.3 Å². The molecule has 0 amide bonds. The SMILES string of the molecule is CCCCCNc1ccc(Oc2ccc(N(C)CCCCC)c(F)c2)cc1C(=O)O. The number of hydrogen-bond acceptors (Lipinski definition) is 4. The second kappa shape index (κ2) is 12.1. The second-order valence-corrected chi connectivity index (χ2v) is 7.49. The topological polar surface area (TPSA) is 61.8 Å². The monoisotopic (exact) mass is 416 g/mol. The van der Waals surface area contributed by atoms with E-state index in [2.05, 4.69) is 19.2 Å². The lowest BCUT2D eigenvalue weighted by atomic mass is 10.1. The molecule has 0 atom stereocenters. The molecule has 0 aliphatic carbocycles. The van der Waals surface area contributed by atoms with Crippen LogP contribution in [0.4, 0.5) is 15.8 Å². The van der Waals surface area contributed by atoms with Gasteiger partial charge in [0.25, 0.3) is 0 Å². The molecule has 0 aromatic heterocycles. The fourth-order valence-electron chi connectivity index (χ4n) is 3.23. The Balaban J connectivity index is 2.09. The van der Waals surface area contributed by atoms with Crippen molar-refractivity contribution in [2.75, 3.05) is 30.4 Å². The number of carboxylic acid groups (broad SMARTS) is 1. The van der Waals surface area contributed by atoms with Crippen molar-refractivity contribution in [3.63, 3.8) is 0 Å². The minimum Gasteiger partial charge on any atom is -0.478 e. The molecule has 0 heterocycles. The molecule has 30 heavy (non-hydrogen) atoms. The third-order valence-corrected chi connectivity index (χ3v) is 4.98. The normalized spacial score (nSPS) is 10.7. The first kappa shape index (κ1) is 23.5. The number of nitrogens with one attached hydrogen (secondary N) is 1. The lowest BCUT2D eigenvalue weighted by Gasteiger charge is -2.20. The van der Waals surface area contributed by atoms with Crippen LogP contribution in [-0.4, -0.2) is 31.2 Å². The molecule has 0 spiro atoms. The van der Waals surface area contributed by atoms with E-state index in [1.54, 1.807) is 24.3 Å². The summed E-state index contributed by atoms with van der Waals surface area (Å²) in [5, 5.41) is 12.7. The molecule has 0 aliphatic rings. The number of benzene rings is 2. The standard InChI is InChI=1S/C24H33FN2O3/c1-4-6-8-14-26-22-12-10-18(16-20(22)24(28)29)30-19-11-13-23(21(25)17-19)27(3)15-9-7-5-2/h10-13,16-17,26H,4-9,14-15H2,1-3H3,(H,28,29). The maximum absolute atomic E-state index is 14.6. The van der Waals surface area contributed by atoms with Crippen LogP contribution in [0, 0.1) is 5.82 Å². The minimum absolute atomic E-state index is 0.136. The molecule has 0 fully saturated rings. The van der Waals surface area contributed by atoms with E-state index in [4.69, 9.17) is 4.74 Å². The van der Waals surface area contributed by atoms with Crippen molar-refractivity contribution in [2.45, 2.75) is 52.4 Å². The maximum Gasteiger partial charge on any atom is 0.337 e.